The molecule has 0 aliphatic heterocycles. The van der Waals surface area contributed by atoms with Crippen molar-refractivity contribution in [3.8, 4) is 11.8 Å². The van der Waals surface area contributed by atoms with Gasteiger partial charge in [-0.1, -0.05) is 23.4 Å². The molecule has 0 aromatic heterocycles. The SMILES string of the molecule is CC(C)(C)OC(=O)NCCC#Cc1ccc(C(F)(F)F)cc1Cl. The highest BCUT2D eigenvalue weighted by Crippen LogP contribution is 2.31. The molecule has 0 aliphatic rings. The average Bonchev–Trinajstić information content (AvgIpc) is 2.36. The minimum atomic E-state index is -4.44. The molecular formula is C16H17ClF3NO2. The van der Waals surface area contributed by atoms with Gasteiger partial charge in [-0.3, -0.25) is 0 Å². The second kappa shape index (κ2) is 7.60. The van der Waals surface area contributed by atoms with Crippen LogP contribution in [0.25, 0.3) is 0 Å². The fourth-order valence-corrected chi connectivity index (χ4v) is 1.72. The Morgan fingerprint density at radius 2 is 1.96 bits per heavy atom. The van der Waals surface area contributed by atoms with Gasteiger partial charge in [0, 0.05) is 18.5 Å². The summed E-state index contributed by atoms with van der Waals surface area (Å²) in [5.74, 6) is 5.41. The average molecular weight is 348 g/mol. The van der Waals surface area contributed by atoms with Crippen LogP contribution < -0.4 is 5.32 Å². The number of amides is 1. The Kier molecular flexibility index (Phi) is 6.34. The van der Waals surface area contributed by atoms with Gasteiger partial charge in [0.25, 0.3) is 0 Å². The molecular weight excluding hydrogens is 331 g/mol. The number of ether oxygens (including phenoxy) is 1. The Labute approximate surface area is 138 Å². The topological polar surface area (TPSA) is 38.3 Å². The van der Waals surface area contributed by atoms with Crippen molar-refractivity contribution in [2.24, 2.45) is 0 Å². The number of benzene rings is 1. The first-order chi connectivity index (χ1) is 10.5. The number of hydrogen-bond donors (Lipinski definition) is 1. The number of hydrogen-bond acceptors (Lipinski definition) is 2. The van der Waals surface area contributed by atoms with Gasteiger partial charge in [0.05, 0.1) is 10.6 Å². The molecule has 0 heterocycles. The third kappa shape index (κ3) is 7.29. The number of rotatable bonds is 2. The maximum Gasteiger partial charge on any atom is 0.416 e. The van der Waals surface area contributed by atoms with Crippen molar-refractivity contribution >= 4 is 17.7 Å². The number of carbonyl (C=O) groups excluding carboxylic acids is 1. The standard InChI is InChI=1S/C16H17ClF3NO2/c1-15(2,3)23-14(22)21-9-5-4-6-11-7-8-12(10-13(11)17)16(18,19)20/h7-8,10H,5,9H2,1-3H3,(H,21,22). The van der Waals surface area contributed by atoms with Gasteiger partial charge in [-0.05, 0) is 39.0 Å². The summed E-state index contributed by atoms with van der Waals surface area (Å²) in [6, 6.07) is 2.98. The van der Waals surface area contributed by atoms with Gasteiger partial charge in [0.2, 0.25) is 0 Å². The Balaban J connectivity index is 2.53. The van der Waals surface area contributed by atoms with Crippen molar-refractivity contribution in [1.82, 2.24) is 5.32 Å². The predicted octanol–water partition coefficient (Wildman–Crippen LogP) is 4.63. The summed E-state index contributed by atoms with van der Waals surface area (Å²) in [6.45, 7) is 5.51. The normalized spacial score (nSPS) is 11.4. The van der Waals surface area contributed by atoms with Crippen LogP contribution in [0.2, 0.25) is 5.02 Å². The number of halogens is 4. The fourth-order valence-electron chi connectivity index (χ4n) is 1.49. The molecule has 7 heteroatoms. The number of alkyl carbamates (subject to hydrolysis) is 1. The van der Waals surface area contributed by atoms with Crippen molar-refractivity contribution in [3.05, 3.63) is 34.3 Å². The Bertz CT molecular complexity index is 625. The van der Waals surface area contributed by atoms with E-state index in [4.69, 9.17) is 16.3 Å². The summed E-state index contributed by atoms with van der Waals surface area (Å²) in [7, 11) is 0. The predicted molar refractivity (Wildman–Crippen MR) is 82.2 cm³/mol. The number of alkyl halides is 3. The maximum atomic E-state index is 12.5. The van der Waals surface area contributed by atoms with Crippen molar-refractivity contribution in [1.29, 1.82) is 0 Å². The van der Waals surface area contributed by atoms with Crippen LogP contribution in [-0.2, 0) is 10.9 Å². The van der Waals surface area contributed by atoms with E-state index in [1.807, 2.05) is 0 Å². The van der Waals surface area contributed by atoms with Crippen LogP contribution in [0.1, 0.15) is 38.3 Å². The first-order valence-electron chi connectivity index (χ1n) is 6.81. The minimum Gasteiger partial charge on any atom is -0.444 e. The zero-order valence-corrected chi connectivity index (χ0v) is 13.7. The van der Waals surface area contributed by atoms with Gasteiger partial charge in [0.15, 0.2) is 0 Å². The molecule has 0 saturated carbocycles. The van der Waals surface area contributed by atoms with Crippen molar-refractivity contribution < 1.29 is 22.7 Å². The lowest BCUT2D eigenvalue weighted by atomic mass is 10.1. The molecule has 0 fully saturated rings. The Morgan fingerprint density at radius 3 is 2.48 bits per heavy atom. The second-order valence-corrected chi connectivity index (χ2v) is 6.08. The lowest BCUT2D eigenvalue weighted by Gasteiger charge is -2.19. The van der Waals surface area contributed by atoms with E-state index in [0.29, 0.717) is 12.0 Å². The molecule has 23 heavy (non-hydrogen) atoms. The molecule has 0 atom stereocenters. The molecule has 0 unspecified atom stereocenters. The molecule has 1 aromatic rings. The molecule has 126 valence electrons. The van der Waals surface area contributed by atoms with E-state index in [1.54, 1.807) is 20.8 Å². The van der Waals surface area contributed by atoms with Crippen molar-refractivity contribution in [3.63, 3.8) is 0 Å². The van der Waals surface area contributed by atoms with E-state index in [9.17, 15) is 18.0 Å². The van der Waals surface area contributed by atoms with E-state index in [-0.39, 0.29) is 11.6 Å². The Hall–Kier alpha value is -1.87. The highest BCUT2D eigenvalue weighted by Gasteiger charge is 2.30. The molecule has 1 amide bonds. The van der Waals surface area contributed by atoms with Crippen LogP contribution in [0.4, 0.5) is 18.0 Å². The van der Waals surface area contributed by atoms with E-state index < -0.39 is 23.4 Å². The second-order valence-electron chi connectivity index (χ2n) is 5.67. The summed E-state index contributed by atoms with van der Waals surface area (Å²) < 4.78 is 42.5. The van der Waals surface area contributed by atoms with E-state index in [1.165, 1.54) is 6.07 Å². The van der Waals surface area contributed by atoms with Crippen LogP contribution in [0.3, 0.4) is 0 Å². The van der Waals surface area contributed by atoms with Gasteiger partial charge in [0.1, 0.15) is 5.60 Å². The zero-order valence-electron chi connectivity index (χ0n) is 13.0. The quantitative estimate of drug-likeness (QED) is 0.626. The fraction of sp³-hybridized carbons (Fsp3) is 0.438. The third-order valence-corrected chi connectivity index (χ3v) is 2.75. The van der Waals surface area contributed by atoms with Gasteiger partial charge < -0.3 is 10.1 Å². The van der Waals surface area contributed by atoms with Crippen LogP contribution >= 0.6 is 11.6 Å². The van der Waals surface area contributed by atoms with Gasteiger partial charge in [-0.25, -0.2) is 4.79 Å². The first kappa shape index (κ1) is 19.2. The van der Waals surface area contributed by atoms with E-state index >= 15 is 0 Å². The molecule has 1 N–H and O–H groups in total. The summed E-state index contributed by atoms with van der Waals surface area (Å²) >= 11 is 5.78. The zero-order chi connectivity index (χ0) is 17.7. The Morgan fingerprint density at radius 1 is 1.30 bits per heavy atom. The lowest BCUT2D eigenvalue weighted by molar-refractivity contribution is -0.137. The molecule has 0 aliphatic carbocycles. The minimum absolute atomic E-state index is 0.0626. The lowest BCUT2D eigenvalue weighted by Crippen LogP contribution is -2.32. The molecule has 1 aromatic carbocycles. The first-order valence-corrected chi connectivity index (χ1v) is 7.19. The highest BCUT2D eigenvalue weighted by molar-refractivity contribution is 6.31. The summed E-state index contributed by atoms with van der Waals surface area (Å²) in [4.78, 5) is 11.4. The highest BCUT2D eigenvalue weighted by atomic mass is 35.5. The van der Waals surface area contributed by atoms with Crippen LogP contribution in [-0.4, -0.2) is 18.2 Å². The molecule has 0 saturated heterocycles. The largest absolute Gasteiger partial charge is 0.444 e. The smallest absolute Gasteiger partial charge is 0.416 e. The van der Waals surface area contributed by atoms with Crippen LogP contribution in [0.5, 0.6) is 0 Å². The number of carbonyl (C=O) groups is 1. The van der Waals surface area contributed by atoms with Crippen LogP contribution in [0, 0.1) is 11.8 Å². The third-order valence-electron chi connectivity index (χ3n) is 2.44. The van der Waals surface area contributed by atoms with Crippen molar-refractivity contribution in [2.75, 3.05) is 6.54 Å². The summed E-state index contributed by atoms with van der Waals surface area (Å²) in [5.41, 5.74) is -1.10. The molecule has 1 rings (SSSR count). The van der Waals surface area contributed by atoms with Gasteiger partial charge in [-0.15, -0.1) is 0 Å². The van der Waals surface area contributed by atoms with Crippen LogP contribution in [0.15, 0.2) is 18.2 Å². The number of nitrogens with one attached hydrogen (secondary N) is 1. The van der Waals surface area contributed by atoms with E-state index in [2.05, 4.69) is 17.2 Å². The molecule has 0 radical (unpaired) electrons. The van der Waals surface area contributed by atoms with Gasteiger partial charge >= 0.3 is 12.3 Å². The summed E-state index contributed by atoms with van der Waals surface area (Å²) in [5, 5.41) is 2.46. The molecule has 0 spiro atoms. The van der Waals surface area contributed by atoms with Gasteiger partial charge in [-0.2, -0.15) is 13.2 Å². The van der Waals surface area contributed by atoms with Crippen molar-refractivity contribution in [2.45, 2.75) is 39.0 Å². The van der Waals surface area contributed by atoms with E-state index in [0.717, 1.165) is 12.1 Å². The summed E-state index contributed by atoms with van der Waals surface area (Å²) in [6.07, 6.45) is -4.67. The monoisotopic (exact) mass is 347 g/mol. The molecule has 3 nitrogen and oxygen atoms in total. The maximum absolute atomic E-state index is 12.5. The molecule has 0 bridgehead atoms.